The molecule has 18 heteroatoms. The average Bonchev–Trinajstić information content (AvgIpc) is 3.77. The first-order chi connectivity index (χ1) is 30.1. The third-order valence-corrected chi connectivity index (χ3v) is 11.8. The van der Waals surface area contributed by atoms with Crippen molar-refractivity contribution in [1.82, 2.24) is 35.6 Å². The highest BCUT2D eigenvalue weighted by Gasteiger charge is 2.45. The molecule has 4 N–H and O–H groups in total. The van der Waals surface area contributed by atoms with Gasteiger partial charge in [-0.2, -0.15) is 0 Å². The van der Waals surface area contributed by atoms with Crippen molar-refractivity contribution in [3.63, 3.8) is 0 Å². The maximum absolute atomic E-state index is 15.0. The maximum Gasteiger partial charge on any atom is 0.333 e. The molecular formula is C45H54N8O10. The van der Waals surface area contributed by atoms with Crippen molar-refractivity contribution in [2.75, 3.05) is 39.1 Å². The van der Waals surface area contributed by atoms with Gasteiger partial charge in [0.1, 0.15) is 47.8 Å². The van der Waals surface area contributed by atoms with E-state index in [1.54, 1.807) is 37.3 Å². The lowest BCUT2D eigenvalue weighted by Gasteiger charge is -2.40. The SMILES string of the molecule is CC[C@H]1NC(=O)[C@@H](NC(=O)c2ncccc2O)[C@@H](C)OC(=O)[C@H](c2ccccc2)NC(=O)[C@@H]2CC(=O)CCN2C(=O)C(Cc2ccc(N(C)C)cc2)N(C)C(=O)[C@@H]2CCCN2C1=O. The molecule has 3 fully saturated rings. The van der Waals surface area contributed by atoms with Crippen molar-refractivity contribution in [3.05, 3.63) is 89.7 Å². The summed E-state index contributed by atoms with van der Waals surface area (Å²) in [5.74, 6) is -6.33. The van der Waals surface area contributed by atoms with E-state index in [1.165, 1.54) is 47.0 Å². The molecule has 0 bridgehead atoms. The van der Waals surface area contributed by atoms with Gasteiger partial charge in [0.15, 0.2) is 11.7 Å². The molecule has 3 aliphatic rings. The predicted octanol–water partition coefficient (Wildman–Crippen LogP) is 1.27. The molecule has 334 valence electrons. The number of pyridine rings is 1. The molecule has 18 nitrogen and oxygen atoms in total. The molecule has 0 aliphatic carbocycles. The molecule has 0 spiro atoms. The maximum atomic E-state index is 15.0. The summed E-state index contributed by atoms with van der Waals surface area (Å²) in [5, 5.41) is 18.2. The molecule has 2 aromatic carbocycles. The predicted molar refractivity (Wildman–Crippen MR) is 228 cm³/mol. The van der Waals surface area contributed by atoms with Gasteiger partial charge < -0.3 is 45.4 Å². The Bertz CT molecular complexity index is 2220. The van der Waals surface area contributed by atoms with Crippen LogP contribution in [-0.4, -0.2) is 143 Å². The van der Waals surface area contributed by atoms with Crippen molar-refractivity contribution < 1.29 is 48.2 Å². The van der Waals surface area contributed by atoms with E-state index in [1.807, 2.05) is 43.3 Å². The number of aromatic nitrogens is 1. The fourth-order valence-electron chi connectivity index (χ4n) is 8.20. The Morgan fingerprint density at radius 1 is 0.873 bits per heavy atom. The molecule has 3 aliphatic heterocycles. The van der Waals surface area contributed by atoms with E-state index >= 15 is 0 Å². The Hall–Kier alpha value is -6.85. The van der Waals surface area contributed by atoms with Gasteiger partial charge in [-0.3, -0.25) is 33.6 Å². The first-order valence-electron chi connectivity index (χ1n) is 21.1. The number of benzene rings is 2. The second kappa shape index (κ2) is 19.9. The first kappa shape index (κ1) is 45.7. The normalized spacial score (nSPS) is 25.4. The fourth-order valence-corrected chi connectivity index (χ4v) is 8.20. The number of piperidine rings is 1. The number of carbonyl (C=O) groups excluding carboxylic acids is 8. The molecule has 6 amide bonds. The van der Waals surface area contributed by atoms with Crippen molar-refractivity contribution in [2.45, 2.75) is 94.7 Å². The van der Waals surface area contributed by atoms with Crippen molar-refractivity contribution >= 4 is 52.9 Å². The molecular weight excluding hydrogens is 813 g/mol. The number of hydrogen-bond acceptors (Lipinski definition) is 12. The highest BCUT2D eigenvalue weighted by Crippen LogP contribution is 2.27. The lowest BCUT2D eigenvalue weighted by atomic mass is 9.95. The monoisotopic (exact) mass is 866 g/mol. The van der Waals surface area contributed by atoms with Gasteiger partial charge >= 0.3 is 5.97 Å². The van der Waals surface area contributed by atoms with E-state index < -0.39 is 95.2 Å². The highest BCUT2D eigenvalue weighted by atomic mass is 16.5. The number of fused-ring (bicyclic) bond motifs is 2. The topological polar surface area (TPSA) is 228 Å². The van der Waals surface area contributed by atoms with E-state index in [0.29, 0.717) is 12.0 Å². The van der Waals surface area contributed by atoms with Crippen LogP contribution >= 0.6 is 0 Å². The minimum atomic E-state index is -1.68. The smallest absolute Gasteiger partial charge is 0.333 e. The number of nitrogens with one attached hydrogen (secondary N) is 3. The number of aromatic hydroxyl groups is 1. The van der Waals surface area contributed by atoms with E-state index in [9.17, 15) is 43.5 Å². The van der Waals surface area contributed by atoms with Crippen LogP contribution in [0.3, 0.4) is 0 Å². The van der Waals surface area contributed by atoms with E-state index in [-0.39, 0.29) is 56.5 Å². The Labute approximate surface area is 365 Å². The van der Waals surface area contributed by atoms with Crippen molar-refractivity contribution in [1.29, 1.82) is 0 Å². The number of ketones is 1. The van der Waals surface area contributed by atoms with Crippen LogP contribution in [0.15, 0.2) is 72.9 Å². The molecule has 3 aromatic rings. The van der Waals surface area contributed by atoms with Gasteiger partial charge in [-0.15, -0.1) is 0 Å². The zero-order valence-electron chi connectivity index (χ0n) is 36.0. The summed E-state index contributed by atoms with van der Waals surface area (Å²) in [7, 11) is 5.25. The van der Waals surface area contributed by atoms with Gasteiger partial charge in [0.2, 0.25) is 29.5 Å². The van der Waals surface area contributed by atoms with Gasteiger partial charge in [-0.05, 0) is 61.6 Å². The van der Waals surface area contributed by atoms with Gasteiger partial charge in [0.25, 0.3) is 5.91 Å². The second-order valence-electron chi connectivity index (χ2n) is 16.2. The van der Waals surface area contributed by atoms with Crippen LogP contribution in [0, 0.1) is 0 Å². The van der Waals surface area contributed by atoms with Crippen LogP contribution in [-0.2, 0) is 44.7 Å². The third-order valence-electron chi connectivity index (χ3n) is 11.8. The summed E-state index contributed by atoms with van der Waals surface area (Å²) in [5.41, 5.74) is 1.45. The average molecular weight is 867 g/mol. The standard InChI is InChI=1S/C45H54N8O10/c1-6-31-42(59)52-22-11-14-32(52)43(60)51(5)34(24-27-16-18-29(19-17-27)50(3)4)44(61)53-23-20-30(54)25-33(53)39(56)49-37(28-12-8-7-9-13-28)45(62)63-26(2)36(40(57)47-31)48-41(58)38-35(55)15-10-21-46-38/h7-10,12-13,15-19,21,26,31-34,36-37,55H,6,11,14,20,22-25H2,1-5H3,(H,47,57)(H,48,58)(H,49,56)/t26-,31-,32+,33+,34?,36+,37+/m1/s1. The lowest BCUT2D eigenvalue weighted by molar-refractivity contribution is -0.156. The number of likely N-dealkylation sites (N-methyl/N-ethyl adjacent to an activating group) is 1. The van der Waals surface area contributed by atoms with Gasteiger partial charge in [0.05, 0.1) is 0 Å². The minimum absolute atomic E-state index is 0.0299. The fraction of sp³-hybridized carbons (Fsp3) is 0.444. The minimum Gasteiger partial charge on any atom is -0.505 e. The van der Waals surface area contributed by atoms with Gasteiger partial charge in [0, 0.05) is 65.4 Å². The highest BCUT2D eigenvalue weighted by molar-refractivity contribution is 6.01. The van der Waals surface area contributed by atoms with Gasteiger partial charge in [-0.25, -0.2) is 9.78 Å². The van der Waals surface area contributed by atoms with E-state index in [0.717, 1.165) is 5.69 Å². The summed E-state index contributed by atoms with van der Waals surface area (Å²) in [6.45, 7) is 3.02. The van der Waals surface area contributed by atoms with E-state index in [2.05, 4.69) is 20.9 Å². The third kappa shape index (κ3) is 10.3. The molecule has 7 atom stereocenters. The van der Waals surface area contributed by atoms with Crippen LogP contribution in [0.1, 0.15) is 73.6 Å². The molecule has 3 saturated heterocycles. The quantitative estimate of drug-likeness (QED) is 0.247. The van der Waals surface area contributed by atoms with Crippen LogP contribution in [0.2, 0.25) is 0 Å². The number of nitrogens with zero attached hydrogens (tertiary/aromatic N) is 5. The molecule has 63 heavy (non-hydrogen) atoms. The Balaban J connectivity index is 1.44. The summed E-state index contributed by atoms with van der Waals surface area (Å²) >= 11 is 0. The Morgan fingerprint density at radius 2 is 1.57 bits per heavy atom. The molecule has 1 unspecified atom stereocenters. The number of esters is 1. The Kier molecular flexibility index (Phi) is 14.4. The molecule has 4 heterocycles. The summed E-state index contributed by atoms with van der Waals surface area (Å²) < 4.78 is 5.85. The molecule has 0 saturated carbocycles. The van der Waals surface area contributed by atoms with Gasteiger partial charge in [-0.1, -0.05) is 49.4 Å². The molecule has 0 radical (unpaired) electrons. The largest absolute Gasteiger partial charge is 0.505 e. The van der Waals surface area contributed by atoms with Crippen molar-refractivity contribution in [2.24, 2.45) is 0 Å². The van der Waals surface area contributed by atoms with E-state index in [4.69, 9.17) is 4.74 Å². The van der Waals surface area contributed by atoms with Crippen LogP contribution in [0.25, 0.3) is 0 Å². The number of anilines is 1. The molecule has 6 rings (SSSR count). The zero-order chi connectivity index (χ0) is 45.5. The molecule has 1 aromatic heterocycles. The second-order valence-corrected chi connectivity index (χ2v) is 16.2. The summed E-state index contributed by atoms with van der Waals surface area (Å²) in [6.07, 6.45) is 0.175. The Morgan fingerprint density at radius 3 is 2.24 bits per heavy atom. The van der Waals surface area contributed by atoms with Crippen LogP contribution in [0.5, 0.6) is 5.75 Å². The number of Topliss-reactive ketones (excluding diaryl/α,β-unsaturated/α-hetero) is 1. The van der Waals surface area contributed by atoms with Crippen LogP contribution < -0.4 is 20.9 Å². The first-order valence-corrected chi connectivity index (χ1v) is 21.1. The number of hydrogen-bond donors (Lipinski definition) is 4. The summed E-state index contributed by atoms with van der Waals surface area (Å²) in [4.78, 5) is 123. The number of ether oxygens (including phenoxy) is 1. The van der Waals surface area contributed by atoms with Crippen molar-refractivity contribution in [3.8, 4) is 5.75 Å². The summed E-state index contributed by atoms with van der Waals surface area (Å²) in [6, 6.07) is 10.1. The van der Waals surface area contributed by atoms with Crippen LogP contribution in [0.4, 0.5) is 5.69 Å². The lowest BCUT2D eigenvalue weighted by Crippen LogP contribution is -2.61. The number of carbonyl (C=O) groups is 8. The number of amides is 6. The number of rotatable bonds is 7. The number of cyclic esters (lactones) is 1. The zero-order valence-corrected chi connectivity index (χ0v) is 36.0.